The van der Waals surface area contributed by atoms with Crippen LogP contribution in [0.25, 0.3) is 0 Å². The van der Waals surface area contributed by atoms with E-state index >= 15 is 0 Å². The third kappa shape index (κ3) is 1.33. The van der Waals surface area contributed by atoms with Gasteiger partial charge in [-0.05, 0) is 25.6 Å². The number of H-pyrrole nitrogens is 1. The Bertz CT molecular complexity index is 155. The molecule has 50 valence electrons. The largest absolute Gasteiger partial charge is 0.367 e. The highest BCUT2D eigenvalue weighted by molar-refractivity contribution is 5.12. The van der Waals surface area contributed by atoms with Gasteiger partial charge in [0.25, 0.3) is 0 Å². The standard InChI is InChI=1S/C7H12N2/c1-6(8-2)7-3-4-9-5-7/h3-6,8-9H,1-2H3/t6-/m0/s1. The molecule has 0 saturated carbocycles. The average molecular weight is 124 g/mol. The Morgan fingerprint density at radius 1 is 1.67 bits per heavy atom. The van der Waals surface area contributed by atoms with Crippen LogP contribution in [-0.4, -0.2) is 12.0 Å². The summed E-state index contributed by atoms with van der Waals surface area (Å²) in [4.78, 5) is 3.00. The number of aromatic amines is 1. The lowest BCUT2D eigenvalue weighted by Gasteiger charge is -2.05. The number of hydrogen-bond acceptors (Lipinski definition) is 1. The van der Waals surface area contributed by atoms with Crippen LogP contribution >= 0.6 is 0 Å². The zero-order valence-corrected chi connectivity index (χ0v) is 5.81. The smallest absolute Gasteiger partial charge is 0.0303 e. The highest BCUT2D eigenvalue weighted by Gasteiger charge is 1.99. The van der Waals surface area contributed by atoms with Crippen molar-refractivity contribution in [3.8, 4) is 0 Å². The maximum Gasteiger partial charge on any atom is 0.0303 e. The van der Waals surface area contributed by atoms with Gasteiger partial charge < -0.3 is 10.3 Å². The van der Waals surface area contributed by atoms with Crippen LogP contribution in [0.15, 0.2) is 18.5 Å². The van der Waals surface area contributed by atoms with E-state index in [9.17, 15) is 0 Å². The molecule has 0 aromatic carbocycles. The van der Waals surface area contributed by atoms with Gasteiger partial charge >= 0.3 is 0 Å². The van der Waals surface area contributed by atoms with Crippen LogP contribution in [0, 0.1) is 0 Å². The Kier molecular flexibility index (Phi) is 1.90. The summed E-state index contributed by atoms with van der Waals surface area (Å²) in [5.74, 6) is 0. The third-order valence-corrected chi connectivity index (χ3v) is 1.56. The molecular formula is C7H12N2. The van der Waals surface area contributed by atoms with Gasteiger partial charge in [-0.3, -0.25) is 0 Å². The van der Waals surface area contributed by atoms with Crippen molar-refractivity contribution in [1.29, 1.82) is 0 Å². The van der Waals surface area contributed by atoms with Gasteiger partial charge in [0, 0.05) is 18.4 Å². The summed E-state index contributed by atoms with van der Waals surface area (Å²) in [7, 11) is 1.96. The van der Waals surface area contributed by atoms with E-state index in [2.05, 4.69) is 23.3 Å². The summed E-state index contributed by atoms with van der Waals surface area (Å²) in [6.07, 6.45) is 3.93. The van der Waals surface area contributed by atoms with Crippen LogP contribution in [0.4, 0.5) is 0 Å². The van der Waals surface area contributed by atoms with Gasteiger partial charge in [-0.25, -0.2) is 0 Å². The molecule has 2 heteroatoms. The second-order valence-electron chi connectivity index (χ2n) is 2.15. The minimum absolute atomic E-state index is 0.455. The van der Waals surface area contributed by atoms with E-state index < -0.39 is 0 Å². The predicted octanol–water partition coefficient (Wildman–Crippen LogP) is 1.30. The van der Waals surface area contributed by atoms with Gasteiger partial charge in [0.2, 0.25) is 0 Å². The van der Waals surface area contributed by atoms with Crippen molar-refractivity contribution >= 4 is 0 Å². The molecule has 1 heterocycles. The normalized spacial score (nSPS) is 13.6. The zero-order chi connectivity index (χ0) is 6.69. The molecule has 0 fully saturated rings. The summed E-state index contributed by atoms with van der Waals surface area (Å²) < 4.78 is 0. The fourth-order valence-electron chi connectivity index (χ4n) is 0.773. The lowest BCUT2D eigenvalue weighted by Crippen LogP contribution is -2.10. The number of nitrogens with one attached hydrogen (secondary N) is 2. The molecule has 0 bridgehead atoms. The number of hydrogen-bond donors (Lipinski definition) is 2. The molecule has 0 spiro atoms. The minimum Gasteiger partial charge on any atom is -0.367 e. The fraction of sp³-hybridized carbons (Fsp3) is 0.429. The maximum absolute atomic E-state index is 3.15. The van der Waals surface area contributed by atoms with Crippen LogP contribution in [0.3, 0.4) is 0 Å². The molecule has 2 nitrogen and oxygen atoms in total. The molecule has 2 N–H and O–H groups in total. The Morgan fingerprint density at radius 3 is 2.89 bits per heavy atom. The molecule has 0 amide bonds. The molecule has 0 aliphatic heterocycles. The minimum atomic E-state index is 0.455. The Labute approximate surface area is 55.3 Å². The lowest BCUT2D eigenvalue weighted by atomic mass is 10.2. The first kappa shape index (κ1) is 6.36. The van der Waals surface area contributed by atoms with Crippen molar-refractivity contribution in [2.45, 2.75) is 13.0 Å². The molecule has 1 rings (SSSR count). The summed E-state index contributed by atoms with van der Waals surface area (Å²) in [6.45, 7) is 2.13. The molecule has 1 atom stereocenters. The van der Waals surface area contributed by atoms with Crippen LogP contribution in [0.5, 0.6) is 0 Å². The van der Waals surface area contributed by atoms with Gasteiger partial charge in [0.1, 0.15) is 0 Å². The third-order valence-electron chi connectivity index (χ3n) is 1.56. The molecule has 0 unspecified atom stereocenters. The monoisotopic (exact) mass is 124 g/mol. The molecule has 1 aromatic rings. The Hall–Kier alpha value is -0.760. The average Bonchev–Trinajstić information content (AvgIpc) is 2.37. The van der Waals surface area contributed by atoms with E-state index in [1.807, 2.05) is 19.4 Å². The number of rotatable bonds is 2. The van der Waals surface area contributed by atoms with Crippen molar-refractivity contribution in [3.05, 3.63) is 24.0 Å². The van der Waals surface area contributed by atoms with E-state index in [0.29, 0.717) is 6.04 Å². The van der Waals surface area contributed by atoms with E-state index in [1.54, 1.807) is 0 Å². The van der Waals surface area contributed by atoms with Gasteiger partial charge in [0.05, 0.1) is 0 Å². The highest BCUT2D eigenvalue weighted by Crippen LogP contribution is 2.08. The van der Waals surface area contributed by atoms with Crippen LogP contribution in [0.1, 0.15) is 18.5 Å². The molecule has 1 aromatic heterocycles. The lowest BCUT2D eigenvalue weighted by molar-refractivity contribution is 0.653. The molecule has 0 aliphatic carbocycles. The summed E-state index contributed by atoms with van der Waals surface area (Å²) in [5, 5.41) is 3.15. The van der Waals surface area contributed by atoms with Crippen molar-refractivity contribution in [2.24, 2.45) is 0 Å². The summed E-state index contributed by atoms with van der Waals surface area (Å²) >= 11 is 0. The second-order valence-corrected chi connectivity index (χ2v) is 2.15. The van der Waals surface area contributed by atoms with Crippen LogP contribution < -0.4 is 5.32 Å². The second kappa shape index (κ2) is 2.69. The first-order chi connectivity index (χ1) is 4.34. The predicted molar refractivity (Wildman–Crippen MR) is 38.3 cm³/mol. The van der Waals surface area contributed by atoms with E-state index in [-0.39, 0.29) is 0 Å². The van der Waals surface area contributed by atoms with Crippen molar-refractivity contribution in [2.75, 3.05) is 7.05 Å². The quantitative estimate of drug-likeness (QED) is 0.611. The van der Waals surface area contributed by atoms with Crippen molar-refractivity contribution < 1.29 is 0 Å². The highest BCUT2D eigenvalue weighted by atomic mass is 14.9. The maximum atomic E-state index is 3.15. The first-order valence-electron chi connectivity index (χ1n) is 3.14. The van der Waals surface area contributed by atoms with Gasteiger partial charge in [-0.15, -0.1) is 0 Å². The van der Waals surface area contributed by atoms with E-state index in [4.69, 9.17) is 0 Å². The van der Waals surface area contributed by atoms with Crippen LogP contribution in [0.2, 0.25) is 0 Å². The molecule has 0 radical (unpaired) electrons. The summed E-state index contributed by atoms with van der Waals surface area (Å²) in [6, 6.07) is 2.53. The van der Waals surface area contributed by atoms with Crippen molar-refractivity contribution in [1.82, 2.24) is 10.3 Å². The Morgan fingerprint density at radius 2 is 2.44 bits per heavy atom. The van der Waals surface area contributed by atoms with Crippen LogP contribution in [-0.2, 0) is 0 Å². The summed E-state index contributed by atoms with van der Waals surface area (Å²) in [5.41, 5.74) is 1.30. The molecule has 0 aliphatic rings. The van der Waals surface area contributed by atoms with Gasteiger partial charge in [-0.2, -0.15) is 0 Å². The zero-order valence-electron chi connectivity index (χ0n) is 5.81. The van der Waals surface area contributed by atoms with Crippen molar-refractivity contribution in [3.63, 3.8) is 0 Å². The first-order valence-corrected chi connectivity index (χ1v) is 3.14. The Balaban J connectivity index is 2.65. The number of aromatic nitrogens is 1. The molecular weight excluding hydrogens is 112 g/mol. The SMILES string of the molecule is CN[C@@H](C)c1cc[nH]c1. The molecule has 0 saturated heterocycles. The fourth-order valence-corrected chi connectivity index (χ4v) is 0.773. The molecule has 9 heavy (non-hydrogen) atoms. The topological polar surface area (TPSA) is 27.8 Å². The van der Waals surface area contributed by atoms with E-state index in [0.717, 1.165) is 0 Å². The van der Waals surface area contributed by atoms with Gasteiger partial charge in [-0.1, -0.05) is 0 Å². The van der Waals surface area contributed by atoms with E-state index in [1.165, 1.54) is 5.56 Å². The van der Waals surface area contributed by atoms with Gasteiger partial charge in [0.15, 0.2) is 0 Å².